The minimum absolute atomic E-state index is 0.167. The fourth-order valence-corrected chi connectivity index (χ4v) is 0. The summed E-state index contributed by atoms with van der Waals surface area (Å²) in [7, 11) is 0. The van der Waals surface area contributed by atoms with Crippen LogP contribution in [0.3, 0.4) is 0 Å². The summed E-state index contributed by atoms with van der Waals surface area (Å²) in [5, 5.41) is 11.5. The Kier molecular flexibility index (Phi) is 1.69. The standard InChI is InChI=1S/2C3H8O/c2*1-3(2)4/h2*3-4H,1-2H3/i1D3,2D3,3D,4D;. The van der Waals surface area contributed by atoms with E-state index in [9.17, 15) is 0 Å². The second kappa shape index (κ2) is 6.92. The van der Waals surface area contributed by atoms with Crippen LogP contribution in [-0.2, 0) is 0 Å². The monoisotopic (exact) mass is 128 g/mol. The van der Waals surface area contributed by atoms with Crippen LogP contribution in [0.4, 0.5) is 0 Å². The average Bonchev–Trinajstić information content (AvgIpc) is 1.97. The molecule has 0 saturated heterocycles. The van der Waals surface area contributed by atoms with E-state index in [0.717, 1.165) is 0 Å². The lowest BCUT2D eigenvalue weighted by atomic mass is 10.5. The summed E-state index contributed by atoms with van der Waals surface area (Å²) in [4.78, 5) is 0. The zero-order valence-electron chi connectivity index (χ0n) is 12.9. The van der Waals surface area contributed by atoms with Crippen LogP contribution in [0.1, 0.15) is 37.1 Å². The minimum atomic E-state index is -3.17. The summed E-state index contributed by atoms with van der Waals surface area (Å²) in [6.07, 6.45) is -3.33. The van der Waals surface area contributed by atoms with Crippen LogP contribution < -0.4 is 0 Å². The van der Waals surface area contributed by atoms with Crippen molar-refractivity contribution in [3.05, 3.63) is 0 Å². The summed E-state index contributed by atoms with van der Waals surface area (Å²) in [5.41, 5.74) is 0. The summed E-state index contributed by atoms with van der Waals surface area (Å²) in [6.45, 7) is -2.89. The lowest BCUT2D eigenvalue weighted by Crippen LogP contribution is -1.85. The first-order valence-corrected chi connectivity index (χ1v) is 2.12. The zero-order valence-corrected chi connectivity index (χ0v) is 4.93. The van der Waals surface area contributed by atoms with E-state index in [-0.39, 0.29) is 6.10 Å². The topological polar surface area (TPSA) is 40.5 Å². The van der Waals surface area contributed by atoms with Crippen LogP contribution in [0, 0.1) is 0 Å². The van der Waals surface area contributed by atoms with Gasteiger partial charge in [-0.15, -0.1) is 0 Å². The Bertz CT molecular complexity index is 179. The lowest BCUT2D eigenvalue weighted by Gasteiger charge is -1.80. The predicted molar refractivity (Wildman–Crippen MR) is 34.7 cm³/mol. The maximum atomic E-state index is 8.06. The van der Waals surface area contributed by atoms with Gasteiger partial charge in [-0.3, -0.25) is 0 Å². The van der Waals surface area contributed by atoms with Gasteiger partial charge in [-0.2, -0.15) is 0 Å². The first kappa shape index (κ1) is 1.96. The number of aliphatic hydroxyl groups is 2. The molecule has 2 nitrogen and oxygen atoms in total. The lowest BCUT2D eigenvalue weighted by molar-refractivity contribution is 0.215. The van der Waals surface area contributed by atoms with E-state index in [1.54, 1.807) is 13.8 Å². The van der Waals surface area contributed by atoms with Crippen LogP contribution in [0.5, 0.6) is 0 Å². The molecule has 52 valence electrons. The number of rotatable bonds is 1. The molecule has 0 heterocycles. The van der Waals surface area contributed by atoms with E-state index in [2.05, 4.69) is 5.11 Å². The predicted octanol–water partition coefficient (Wildman–Crippen LogP) is 0.774. The quantitative estimate of drug-likeness (QED) is 0.547. The van der Waals surface area contributed by atoms with Crippen molar-refractivity contribution in [2.24, 2.45) is 0 Å². The number of hydrogen-bond donors (Lipinski definition) is 2. The highest BCUT2D eigenvalue weighted by molar-refractivity contribution is 4.21. The van der Waals surface area contributed by atoms with Crippen molar-refractivity contribution in [3.63, 3.8) is 0 Å². The molecule has 0 amide bonds. The molecular weight excluding hydrogens is 104 g/mol. The molecule has 0 bridgehead atoms. The van der Waals surface area contributed by atoms with Gasteiger partial charge in [0, 0.05) is 20.4 Å². The zero-order chi connectivity index (χ0) is 13.8. The van der Waals surface area contributed by atoms with Gasteiger partial charge in [-0.25, -0.2) is 0 Å². The van der Waals surface area contributed by atoms with Gasteiger partial charge in [-0.1, -0.05) is 0 Å². The van der Waals surface area contributed by atoms with E-state index < -0.39 is 19.8 Å². The van der Waals surface area contributed by atoms with E-state index in [1.165, 1.54) is 0 Å². The second-order valence-electron chi connectivity index (χ2n) is 1.42. The van der Waals surface area contributed by atoms with Crippen LogP contribution in [0.15, 0.2) is 0 Å². The third-order valence-electron chi connectivity index (χ3n) is 0. The van der Waals surface area contributed by atoms with E-state index in [4.69, 9.17) is 16.1 Å². The van der Waals surface area contributed by atoms with Gasteiger partial charge in [0.05, 0.1) is 1.37 Å². The molecule has 0 saturated carbocycles. The van der Waals surface area contributed by atoms with E-state index >= 15 is 0 Å². The minimum Gasteiger partial charge on any atom is -0.394 e. The van der Waals surface area contributed by atoms with Gasteiger partial charge in [0.1, 0.15) is 0 Å². The maximum Gasteiger partial charge on any atom is 0.210 e. The normalized spacial score (nSPS) is 28.0. The van der Waals surface area contributed by atoms with Crippen molar-refractivity contribution in [3.8, 4) is 0 Å². The highest BCUT2D eigenvalue weighted by atomic mass is 16.3. The Morgan fingerprint density at radius 2 is 2.00 bits per heavy atom. The number of aliphatic hydroxyl groups excluding tert-OH is 1. The molecule has 0 aliphatic rings. The molecule has 0 aromatic rings. The summed E-state index contributed by atoms with van der Waals surface area (Å²) in [5.74, 6) is 0. The average molecular weight is 128 g/mol. The SMILES string of the molecule is CC(C)O.[2H]OC([2H])(C([2H])([2H])[2H])C([2H])([2H])[2H]. The third kappa shape index (κ3) is 22400. The Morgan fingerprint density at radius 3 is 2.00 bits per heavy atom. The molecular formula is C6H16O2. The molecule has 0 fully saturated rings. The molecule has 0 spiro atoms. The van der Waals surface area contributed by atoms with Crippen molar-refractivity contribution in [2.75, 3.05) is 0 Å². The molecule has 0 aliphatic heterocycles. The molecule has 8 heavy (non-hydrogen) atoms. The Hall–Kier alpha value is -0.0800. The molecule has 2 heteroatoms. The van der Waals surface area contributed by atoms with Crippen LogP contribution in [0.2, 0.25) is 0 Å². The molecule has 2 N–H and O–H groups in total. The molecule has 0 rings (SSSR count). The summed E-state index contributed by atoms with van der Waals surface area (Å²) < 4.78 is 53.3. The highest BCUT2D eigenvalue weighted by Crippen LogP contribution is 1.65. The van der Waals surface area contributed by atoms with Gasteiger partial charge >= 0.3 is 0 Å². The van der Waals surface area contributed by atoms with Crippen LogP contribution in [0.25, 0.3) is 0 Å². The molecule has 0 atom stereocenters. The van der Waals surface area contributed by atoms with Gasteiger partial charge in [0.2, 0.25) is 1.43 Å². The molecule has 0 unspecified atom stereocenters. The largest absolute Gasteiger partial charge is 0.394 e. The Balaban J connectivity index is 0. The summed E-state index contributed by atoms with van der Waals surface area (Å²) in [6, 6.07) is 0. The van der Waals surface area contributed by atoms with Gasteiger partial charge in [-0.05, 0) is 27.6 Å². The maximum absolute atomic E-state index is 8.06. The van der Waals surface area contributed by atoms with E-state index in [0.29, 0.717) is 0 Å². The van der Waals surface area contributed by atoms with Crippen molar-refractivity contribution < 1.29 is 19.8 Å². The Labute approximate surface area is 62.5 Å². The second-order valence-corrected chi connectivity index (χ2v) is 1.42. The third-order valence-corrected chi connectivity index (χ3v) is 0. The molecule has 0 aromatic heterocycles. The molecule has 0 aromatic carbocycles. The summed E-state index contributed by atoms with van der Waals surface area (Å²) >= 11 is 0. The fraction of sp³-hybridized carbons (Fsp3) is 1.00. The highest BCUT2D eigenvalue weighted by Gasteiger charge is 1.69. The van der Waals surface area contributed by atoms with Crippen LogP contribution in [-0.4, -0.2) is 23.8 Å². The van der Waals surface area contributed by atoms with E-state index in [1.807, 2.05) is 0 Å². The van der Waals surface area contributed by atoms with Crippen molar-refractivity contribution in [1.82, 2.24) is 0 Å². The Morgan fingerprint density at radius 1 is 1.62 bits per heavy atom. The van der Waals surface area contributed by atoms with Gasteiger partial charge < -0.3 is 10.2 Å². The molecule has 0 aliphatic carbocycles. The fourth-order valence-electron chi connectivity index (χ4n) is 0. The van der Waals surface area contributed by atoms with Crippen molar-refractivity contribution in [2.45, 2.75) is 39.7 Å². The first-order valence-electron chi connectivity index (χ1n) is 6.03. The van der Waals surface area contributed by atoms with Gasteiger partial charge in [0.25, 0.3) is 0 Å². The van der Waals surface area contributed by atoms with Crippen LogP contribution >= 0.6 is 0 Å². The first-order chi connectivity index (χ1) is 6.79. The van der Waals surface area contributed by atoms with Crippen molar-refractivity contribution >= 4 is 0 Å². The molecule has 0 radical (unpaired) electrons. The smallest absolute Gasteiger partial charge is 0.210 e. The van der Waals surface area contributed by atoms with Gasteiger partial charge in [0.15, 0.2) is 0 Å². The van der Waals surface area contributed by atoms with Crippen molar-refractivity contribution in [1.29, 1.82) is 1.43 Å². The number of hydrogen-bond acceptors (Lipinski definition) is 2.